The van der Waals surface area contributed by atoms with E-state index in [4.69, 9.17) is 9.84 Å². The van der Waals surface area contributed by atoms with Crippen LogP contribution in [-0.2, 0) is 21.3 Å². The molecule has 0 unspecified atom stereocenters. The monoisotopic (exact) mass is 303 g/mol. The van der Waals surface area contributed by atoms with Gasteiger partial charge in [-0.15, -0.1) is 11.3 Å². The van der Waals surface area contributed by atoms with E-state index in [1.165, 1.54) is 11.3 Å². The summed E-state index contributed by atoms with van der Waals surface area (Å²) in [4.78, 5) is 1.68. The van der Waals surface area contributed by atoms with Crippen LogP contribution in [0.2, 0.25) is 0 Å². The lowest BCUT2D eigenvalue weighted by Crippen LogP contribution is -2.27. The summed E-state index contributed by atoms with van der Waals surface area (Å²) >= 11 is 1.40. The third-order valence-corrected chi connectivity index (χ3v) is 4.41. The molecule has 1 heterocycles. The van der Waals surface area contributed by atoms with Crippen LogP contribution in [0, 0.1) is 11.8 Å². The van der Waals surface area contributed by atoms with Crippen LogP contribution in [0.3, 0.4) is 0 Å². The molecule has 0 radical (unpaired) electrons. The number of hydrogen-bond donors (Lipinski definition) is 2. The molecule has 2 N–H and O–H groups in total. The highest BCUT2D eigenvalue weighted by molar-refractivity contribution is 7.89. The molecule has 1 aromatic heterocycles. The lowest BCUT2D eigenvalue weighted by Gasteiger charge is -2.05. The minimum absolute atomic E-state index is 0.0383. The van der Waals surface area contributed by atoms with Crippen molar-refractivity contribution >= 4 is 21.4 Å². The summed E-state index contributed by atoms with van der Waals surface area (Å²) in [6.07, 6.45) is 0. The van der Waals surface area contributed by atoms with Crippen LogP contribution in [0.25, 0.3) is 0 Å². The highest BCUT2D eigenvalue weighted by atomic mass is 32.2. The van der Waals surface area contributed by atoms with Crippen molar-refractivity contribution in [3.05, 3.63) is 21.9 Å². The highest BCUT2D eigenvalue weighted by Crippen LogP contribution is 2.15. The van der Waals surface area contributed by atoms with Gasteiger partial charge in [0.1, 0.15) is 6.61 Å². The number of rotatable bonds is 7. The van der Waals surface area contributed by atoms with Gasteiger partial charge in [0.2, 0.25) is 10.0 Å². The maximum Gasteiger partial charge on any atom is 0.214 e. The minimum Gasteiger partial charge on any atom is -0.384 e. The number of sulfonamides is 1. The van der Waals surface area contributed by atoms with Crippen molar-refractivity contribution < 1.29 is 18.3 Å². The minimum atomic E-state index is -3.30. The molecule has 0 aliphatic rings. The summed E-state index contributed by atoms with van der Waals surface area (Å²) in [6.45, 7) is 2.59. The number of aliphatic hydroxyl groups excluding tert-OH is 1. The van der Waals surface area contributed by atoms with Crippen LogP contribution < -0.4 is 4.72 Å². The first-order chi connectivity index (χ1) is 9.07. The third kappa shape index (κ3) is 6.71. The van der Waals surface area contributed by atoms with E-state index in [1.807, 2.05) is 13.0 Å². The zero-order valence-electron chi connectivity index (χ0n) is 10.7. The van der Waals surface area contributed by atoms with Gasteiger partial charge >= 0.3 is 0 Å². The Morgan fingerprint density at radius 1 is 1.47 bits per heavy atom. The van der Waals surface area contributed by atoms with E-state index >= 15 is 0 Å². The van der Waals surface area contributed by atoms with Gasteiger partial charge in [-0.2, -0.15) is 0 Å². The lowest BCUT2D eigenvalue weighted by molar-refractivity contribution is 0.163. The molecule has 0 bridgehead atoms. The first-order valence-corrected chi connectivity index (χ1v) is 8.28. The predicted octanol–water partition coefficient (Wildman–Crippen LogP) is 0.548. The van der Waals surface area contributed by atoms with Crippen LogP contribution in [0.15, 0.2) is 12.1 Å². The zero-order valence-corrected chi connectivity index (χ0v) is 12.3. The van der Waals surface area contributed by atoms with E-state index in [-0.39, 0.29) is 25.5 Å². The van der Waals surface area contributed by atoms with E-state index < -0.39 is 10.0 Å². The van der Waals surface area contributed by atoms with Crippen LogP contribution in [-0.4, -0.2) is 39.1 Å². The molecule has 0 spiro atoms. The van der Waals surface area contributed by atoms with Gasteiger partial charge in [-0.25, -0.2) is 13.1 Å². The van der Waals surface area contributed by atoms with Gasteiger partial charge in [-0.1, -0.05) is 11.8 Å². The Morgan fingerprint density at radius 2 is 2.26 bits per heavy atom. The van der Waals surface area contributed by atoms with E-state index in [9.17, 15) is 8.42 Å². The van der Waals surface area contributed by atoms with Gasteiger partial charge in [0, 0.05) is 18.0 Å². The summed E-state index contributed by atoms with van der Waals surface area (Å²) in [5.41, 5.74) is 0. The fourth-order valence-electron chi connectivity index (χ4n) is 1.23. The Kier molecular flexibility index (Phi) is 7.05. The molecule has 0 saturated heterocycles. The number of aliphatic hydroxyl groups is 1. The van der Waals surface area contributed by atoms with Crippen molar-refractivity contribution in [3.8, 4) is 11.8 Å². The largest absolute Gasteiger partial charge is 0.384 e. The second-order valence-electron chi connectivity index (χ2n) is 3.56. The Labute approximate surface area is 117 Å². The summed E-state index contributed by atoms with van der Waals surface area (Å²) < 4.78 is 30.7. The number of nitrogens with one attached hydrogen (secondary N) is 1. The van der Waals surface area contributed by atoms with Gasteiger partial charge < -0.3 is 9.84 Å². The Bertz CT molecular complexity index is 540. The quantitative estimate of drug-likeness (QED) is 0.570. The van der Waals surface area contributed by atoms with Crippen molar-refractivity contribution in [1.29, 1.82) is 0 Å². The predicted molar refractivity (Wildman–Crippen MR) is 75.4 cm³/mol. The topological polar surface area (TPSA) is 75.6 Å². The smallest absolute Gasteiger partial charge is 0.214 e. The normalized spacial score (nSPS) is 11.1. The Hall–Kier alpha value is -0.910. The summed E-state index contributed by atoms with van der Waals surface area (Å²) in [7, 11) is -3.30. The van der Waals surface area contributed by atoms with Gasteiger partial charge in [-0.05, 0) is 19.1 Å². The molecule has 7 heteroatoms. The molecule has 0 aliphatic heterocycles. The number of hydrogen-bond acceptors (Lipinski definition) is 5. The van der Waals surface area contributed by atoms with Crippen molar-refractivity contribution in [3.63, 3.8) is 0 Å². The van der Waals surface area contributed by atoms with Gasteiger partial charge in [0.05, 0.1) is 17.2 Å². The molecule has 19 heavy (non-hydrogen) atoms. The second kappa shape index (κ2) is 8.30. The van der Waals surface area contributed by atoms with Crippen LogP contribution in [0.1, 0.15) is 16.7 Å². The molecule has 106 valence electrons. The van der Waals surface area contributed by atoms with Crippen molar-refractivity contribution in [1.82, 2.24) is 4.72 Å². The first kappa shape index (κ1) is 16.1. The van der Waals surface area contributed by atoms with E-state index in [0.29, 0.717) is 6.61 Å². The molecule has 0 fully saturated rings. The fourth-order valence-corrected chi connectivity index (χ4v) is 3.00. The summed E-state index contributed by atoms with van der Waals surface area (Å²) in [5, 5.41) is 8.57. The van der Waals surface area contributed by atoms with Crippen molar-refractivity contribution in [2.75, 3.05) is 25.6 Å². The molecule has 0 amide bonds. The molecular formula is C12H17NO4S2. The Morgan fingerprint density at radius 3 is 2.95 bits per heavy atom. The Balaban J connectivity index is 2.45. The number of ether oxygens (including phenoxy) is 1. The second-order valence-corrected chi connectivity index (χ2v) is 6.66. The number of thiophene rings is 1. The zero-order chi connectivity index (χ0) is 14.1. The van der Waals surface area contributed by atoms with E-state index in [0.717, 1.165) is 9.75 Å². The van der Waals surface area contributed by atoms with Crippen molar-refractivity contribution in [2.24, 2.45) is 0 Å². The van der Waals surface area contributed by atoms with E-state index in [1.54, 1.807) is 6.07 Å². The molecule has 0 saturated carbocycles. The molecule has 1 aromatic rings. The maximum absolute atomic E-state index is 11.6. The van der Waals surface area contributed by atoms with Crippen molar-refractivity contribution in [2.45, 2.75) is 13.5 Å². The standard InChI is InChI=1S/C12H17NO4S2/c1-2-17-8-9-19(15,16)13-10-12-6-5-11(18-12)4-3-7-14/h5-6,13-14H,2,7-10H2,1H3. The maximum atomic E-state index is 11.6. The highest BCUT2D eigenvalue weighted by Gasteiger charge is 2.10. The molecule has 0 atom stereocenters. The van der Waals surface area contributed by atoms with Crippen LogP contribution in [0.5, 0.6) is 0 Å². The molecule has 0 aliphatic carbocycles. The molecular weight excluding hydrogens is 286 g/mol. The lowest BCUT2D eigenvalue weighted by atomic mass is 10.4. The molecule has 1 rings (SSSR count). The average molecular weight is 303 g/mol. The summed E-state index contributed by atoms with van der Waals surface area (Å²) in [5.74, 6) is 5.28. The average Bonchev–Trinajstić information content (AvgIpc) is 2.82. The van der Waals surface area contributed by atoms with Crippen LogP contribution in [0.4, 0.5) is 0 Å². The first-order valence-electron chi connectivity index (χ1n) is 5.81. The van der Waals surface area contributed by atoms with Gasteiger partial charge in [0.25, 0.3) is 0 Å². The van der Waals surface area contributed by atoms with Gasteiger partial charge in [0.15, 0.2) is 0 Å². The van der Waals surface area contributed by atoms with E-state index in [2.05, 4.69) is 16.6 Å². The SMILES string of the molecule is CCOCCS(=O)(=O)NCc1ccc(C#CCO)s1. The van der Waals surface area contributed by atoms with Gasteiger partial charge in [-0.3, -0.25) is 0 Å². The van der Waals surface area contributed by atoms with Crippen LogP contribution >= 0.6 is 11.3 Å². The third-order valence-electron chi connectivity index (χ3n) is 2.12. The molecule has 5 nitrogen and oxygen atoms in total. The summed E-state index contributed by atoms with van der Waals surface area (Å²) in [6, 6.07) is 3.62. The fraction of sp³-hybridized carbons (Fsp3) is 0.500. The molecule has 0 aromatic carbocycles.